The van der Waals surface area contributed by atoms with Crippen molar-refractivity contribution in [2.24, 2.45) is 0 Å². The predicted octanol–water partition coefficient (Wildman–Crippen LogP) is 1.78. The fraction of sp³-hybridized carbons (Fsp3) is 0.154. The lowest BCUT2D eigenvalue weighted by Gasteiger charge is -2.05. The van der Waals surface area contributed by atoms with Crippen LogP contribution in [0.15, 0.2) is 43.0 Å². The fourth-order valence-corrected chi connectivity index (χ4v) is 1.50. The Morgan fingerprint density at radius 3 is 2.78 bits per heavy atom. The molecule has 0 aliphatic rings. The number of nitrogens with zero attached hydrogens (tertiary/aromatic N) is 3. The Bertz CT molecular complexity index is 552. The minimum absolute atomic E-state index is 0.0617. The molecule has 0 radical (unpaired) electrons. The van der Waals surface area contributed by atoms with Gasteiger partial charge in [0.2, 0.25) is 5.91 Å². The molecule has 1 N–H and O–H groups in total. The highest BCUT2D eigenvalue weighted by Crippen LogP contribution is 2.09. The maximum absolute atomic E-state index is 11.7. The van der Waals surface area contributed by atoms with Crippen LogP contribution in [0.3, 0.4) is 0 Å². The molecule has 90 valence electrons. The van der Waals surface area contributed by atoms with Crippen molar-refractivity contribution in [2.45, 2.75) is 13.0 Å². The number of hydrogen-bond donors (Lipinski definition) is 1. The summed E-state index contributed by atoms with van der Waals surface area (Å²) in [5.74, 6) is -0.0617. The summed E-state index contributed by atoms with van der Waals surface area (Å²) in [4.78, 5) is 15.6. The van der Waals surface area contributed by atoms with Crippen LogP contribution in [0.5, 0.6) is 0 Å². The van der Waals surface area contributed by atoms with Gasteiger partial charge in [-0.15, -0.1) is 0 Å². The Morgan fingerprint density at radius 2 is 2.17 bits per heavy atom. The number of nitrogens with one attached hydrogen (secondary N) is 1. The number of aryl methyl sites for hydroxylation is 1. The highest BCUT2D eigenvalue weighted by Gasteiger charge is 2.02. The van der Waals surface area contributed by atoms with E-state index in [-0.39, 0.29) is 5.91 Å². The zero-order valence-corrected chi connectivity index (χ0v) is 9.71. The van der Waals surface area contributed by atoms with Crippen molar-refractivity contribution in [1.29, 1.82) is 5.26 Å². The molecule has 0 fully saturated rings. The van der Waals surface area contributed by atoms with Gasteiger partial charge in [-0.05, 0) is 24.3 Å². The average molecular weight is 240 g/mol. The van der Waals surface area contributed by atoms with E-state index in [0.717, 1.165) is 0 Å². The smallest absolute Gasteiger partial charge is 0.226 e. The van der Waals surface area contributed by atoms with Crippen molar-refractivity contribution >= 4 is 11.6 Å². The molecule has 2 rings (SSSR count). The van der Waals surface area contributed by atoms with Crippen LogP contribution in [-0.2, 0) is 11.3 Å². The Labute approximate surface area is 105 Å². The highest BCUT2D eigenvalue weighted by molar-refractivity contribution is 5.90. The zero-order valence-electron chi connectivity index (χ0n) is 9.71. The first-order valence-corrected chi connectivity index (χ1v) is 5.54. The third-order valence-electron chi connectivity index (χ3n) is 2.45. The van der Waals surface area contributed by atoms with Crippen molar-refractivity contribution in [3.05, 3.63) is 48.5 Å². The standard InChI is InChI=1S/C13H12N4O/c14-9-11-1-3-12(4-2-11)16-13(18)5-7-17-8-6-15-10-17/h1-4,6,8,10H,5,7H2,(H,16,18). The number of imidazole rings is 1. The minimum Gasteiger partial charge on any atom is -0.337 e. The van der Waals surface area contributed by atoms with Crippen LogP contribution in [0.2, 0.25) is 0 Å². The zero-order chi connectivity index (χ0) is 12.8. The second kappa shape index (κ2) is 5.64. The van der Waals surface area contributed by atoms with E-state index in [1.165, 1.54) is 0 Å². The van der Waals surface area contributed by atoms with E-state index >= 15 is 0 Å². The lowest BCUT2D eigenvalue weighted by atomic mass is 10.2. The Hall–Kier alpha value is -2.61. The van der Waals surface area contributed by atoms with E-state index in [0.29, 0.717) is 24.2 Å². The van der Waals surface area contributed by atoms with Gasteiger partial charge in [-0.3, -0.25) is 4.79 Å². The van der Waals surface area contributed by atoms with Crippen LogP contribution in [0, 0.1) is 11.3 Å². The van der Waals surface area contributed by atoms with E-state index in [1.54, 1.807) is 36.8 Å². The molecule has 0 bridgehead atoms. The first-order chi connectivity index (χ1) is 8.78. The number of aromatic nitrogens is 2. The first-order valence-electron chi connectivity index (χ1n) is 5.54. The van der Waals surface area contributed by atoms with Crippen molar-refractivity contribution in [3.8, 4) is 6.07 Å². The Kier molecular flexibility index (Phi) is 3.72. The lowest BCUT2D eigenvalue weighted by molar-refractivity contribution is -0.116. The number of amides is 1. The van der Waals surface area contributed by atoms with E-state index in [4.69, 9.17) is 5.26 Å². The van der Waals surface area contributed by atoms with E-state index in [2.05, 4.69) is 10.3 Å². The lowest BCUT2D eigenvalue weighted by Crippen LogP contribution is -2.13. The van der Waals surface area contributed by atoms with E-state index in [1.807, 2.05) is 16.8 Å². The van der Waals surface area contributed by atoms with Crippen LogP contribution in [0.25, 0.3) is 0 Å². The van der Waals surface area contributed by atoms with Crippen molar-refractivity contribution in [1.82, 2.24) is 9.55 Å². The van der Waals surface area contributed by atoms with Crippen LogP contribution < -0.4 is 5.32 Å². The third-order valence-corrected chi connectivity index (χ3v) is 2.45. The number of nitriles is 1. The van der Waals surface area contributed by atoms with E-state index < -0.39 is 0 Å². The van der Waals surface area contributed by atoms with Crippen LogP contribution in [0.4, 0.5) is 5.69 Å². The average Bonchev–Trinajstić information content (AvgIpc) is 2.90. The van der Waals surface area contributed by atoms with Gasteiger partial charge < -0.3 is 9.88 Å². The van der Waals surface area contributed by atoms with Crippen molar-refractivity contribution in [3.63, 3.8) is 0 Å². The van der Waals surface area contributed by atoms with Crippen LogP contribution in [0.1, 0.15) is 12.0 Å². The maximum atomic E-state index is 11.7. The van der Waals surface area contributed by atoms with Crippen molar-refractivity contribution < 1.29 is 4.79 Å². The van der Waals surface area contributed by atoms with Gasteiger partial charge in [-0.25, -0.2) is 4.98 Å². The van der Waals surface area contributed by atoms with Gasteiger partial charge in [0.05, 0.1) is 18.0 Å². The molecule has 0 saturated carbocycles. The molecule has 18 heavy (non-hydrogen) atoms. The second-order valence-corrected chi connectivity index (χ2v) is 3.79. The number of hydrogen-bond acceptors (Lipinski definition) is 3. The third kappa shape index (κ3) is 3.19. The quantitative estimate of drug-likeness (QED) is 0.885. The summed E-state index contributed by atoms with van der Waals surface area (Å²) in [6.07, 6.45) is 5.55. The molecule has 1 aromatic carbocycles. The summed E-state index contributed by atoms with van der Waals surface area (Å²) >= 11 is 0. The van der Waals surface area contributed by atoms with Gasteiger partial charge in [-0.2, -0.15) is 5.26 Å². The molecule has 1 amide bonds. The molecule has 0 aliphatic carbocycles. The molecule has 0 aliphatic heterocycles. The maximum Gasteiger partial charge on any atom is 0.226 e. The summed E-state index contributed by atoms with van der Waals surface area (Å²) in [7, 11) is 0. The number of anilines is 1. The van der Waals surface area contributed by atoms with Gasteiger partial charge in [0.15, 0.2) is 0 Å². The van der Waals surface area contributed by atoms with E-state index in [9.17, 15) is 4.79 Å². The number of benzene rings is 1. The van der Waals surface area contributed by atoms with Crippen LogP contribution >= 0.6 is 0 Å². The summed E-state index contributed by atoms with van der Waals surface area (Å²) < 4.78 is 1.85. The summed E-state index contributed by atoms with van der Waals surface area (Å²) in [6.45, 7) is 0.599. The molecule has 2 aromatic rings. The van der Waals surface area contributed by atoms with Crippen molar-refractivity contribution in [2.75, 3.05) is 5.32 Å². The summed E-state index contributed by atoms with van der Waals surface area (Å²) in [5.41, 5.74) is 1.27. The normalized spacial score (nSPS) is 9.72. The van der Waals surface area contributed by atoms with Gasteiger partial charge >= 0.3 is 0 Å². The monoisotopic (exact) mass is 240 g/mol. The molecule has 1 heterocycles. The number of rotatable bonds is 4. The van der Waals surface area contributed by atoms with Gasteiger partial charge in [0, 0.05) is 31.0 Å². The predicted molar refractivity (Wildman–Crippen MR) is 66.6 cm³/mol. The fourth-order valence-electron chi connectivity index (χ4n) is 1.50. The Morgan fingerprint density at radius 1 is 1.39 bits per heavy atom. The SMILES string of the molecule is N#Cc1ccc(NC(=O)CCn2ccnc2)cc1. The van der Waals surface area contributed by atoms with Gasteiger partial charge in [0.25, 0.3) is 0 Å². The second-order valence-electron chi connectivity index (χ2n) is 3.79. The van der Waals surface area contributed by atoms with Gasteiger partial charge in [0.1, 0.15) is 0 Å². The topological polar surface area (TPSA) is 70.7 Å². The molecular weight excluding hydrogens is 228 g/mol. The molecule has 0 atom stereocenters. The minimum atomic E-state index is -0.0617. The molecule has 0 unspecified atom stereocenters. The highest BCUT2D eigenvalue weighted by atomic mass is 16.1. The van der Waals surface area contributed by atoms with Gasteiger partial charge in [-0.1, -0.05) is 0 Å². The molecule has 0 spiro atoms. The van der Waals surface area contributed by atoms with Crippen LogP contribution in [-0.4, -0.2) is 15.5 Å². The summed E-state index contributed by atoms with van der Waals surface area (Å²) in [5, 5.41) is 11.4. The molecule has 5 nitrogen and oxygen atoms in total. The first kappa shape index (κ1) is 11.9. The molecule has 5 heteroatoms. The Balaban J connectivity index is 1.85. The summed E-state index contributed by atoms with van der Waals surface area (Å²) in [6, 6.07) is 8.80. The number of carbonyl (C=O) groups excluding carboxylic acids is 1. The molecular formula is C13H12N4O. The molecule has 1 aromatic heterocycles. The largest absolute Gasteiger partial charge is 0.337 e. The molecule has 0 saturated heterocycles. The number of carbonyl (C=O) groups is 1.